The van der Waals surface area contributed by atoms with Crippen molar-refractivity contribution >= 4 is 69.4 Å². The number of thiocarbonyl (C=S) groups is 1. The van der Waals surface area contributed by atoms with Crippen LogP contribution in [-0.4, -0.2) is 21.1 Å². The van der Waals surface area contributed by atoms with Crippen LogP contribution in [0.5, 0.6) is 0 Å². The number of hydrazine groups is 1. The van der Waals surface area contributed by atoms with Crippen LogP contribution in [0.15, 0.2) is 70.0 Å². The molecule has 1 aliphatic rings. The summed E-state index contributed by atoms with van der Waals surface area (Å²) < 4.78 is 6.06. The highest BCUT2D eigenvalue weighted by Crippen LogP contribution is 2.34. The van der Waals surface area contributed by atoms with Crippen LogP contribution in [0, 0.1) is 0 Å². The third-order valence-electron chi connectivity index (χ3n) is 4.34. The topological polar surface area (TPSA) is 62.6 Å². The van der Waals surface area contributed by atoms with Gasteiger partial charge >= 0.3 is 0 Å². The van der Waals surface area contributed by atoms with Crippen LogP contribution in [0.2, 0.25) is 10.0 Å². The van der Waals surface area contributed by atoms with Gasteiger partial charge in [0.2, 0.25) is 5.91 Å². The highest BCUT2D eigenvalue weighted by atomic mass is 35.5. The number of carbonyl (C=O) groups excluding carboxylic acids is 2. The maximum absolute atomic E-state index is 12.7. The molecule has 31 heavy (non-hydrogen) atoms. The van der Waals surface area contributed by atoms with E-state index in [2.05, 4.69) is 5.43 Å². The van der Waals surface area contributed by atoms with Gasteiger partial charge in [-0.1, -0.05) is 65.3 Å². The molecule has 156 valence electrons. The SMILES string of the molecule is O=C(Cc1ccccc1)NN1C(=O)/C(=C\c2ccc(-c3ccc(Cl)c(Cl)c3)o2)SC1=S. The normalized spacial score (nSPS) is 15.0. The van der Waals surface area contributed by atoms with Crippen LogP contribution < -0.4 is 5.43 Å². The molecule has 3 aromatic rings. The molecule has 1 N–H and O–H groups in total. The molecule has 0 aliphatic carbocycles. The van der Waals surface area contributed by atoms with Crippen molar-refractivity contribution in [3.8, 4) is 11.3 Å². The van der Waals surface area contributed by atoms with E-state index in [1.807, 2.05) is 30.3 Å². The number of rotatable bonds is 5. The Morgan fingerprint density at radius 3 is 2.61 bits per heavy atom. The number of benzene rings is 2. The predicted octanol–water partition coefficient (Wildman–Crippen LogP) is 5.73. The molecular weight excluding hydrogens is 475 g/mol. The second-order valence-electron chi connectivity index (χ2n) is 6.55. The van der Waals surface area contributed by atoms with E-state index in [0.29, 0.717) is 26.5 Å². The molecule has 0 radical (unpaired) electrons. The standard InChI is InChI=1S/C22H14Cl2N2O3S2/c23-16-8-6-14(11-17(16)24)18-9-7-15(29-18)12-19-21(28)26(22(30)31-19)25-20(27)10-13-4-2-1-3-5-13/h1-9,11-12H,10H2,(H,25,27)/b19-12+. The zero-order chi connectivity index (χ0) is 22.0. The van der Waals surface area contributed by atoms with Gasteiger partial charge in [0.25, 0.3) is 5.91 Å². The summed E-state index contributed by atoms with van der Waals surface area (Å²) in [5.41, 5.74) is 4.17. The summed E-state index contributed by atoms with van der Waals surface area (Å²) in [6, 6.07) is 17.9. The number of nitrogens with zero attached hydrogens (tertiary/aromatic N) is 1. The van der Waals surface area contributed by atoms with E-state index in [-0.39, 0.29) is 16.6 Å². The first kappa shape index (κ1) is 21.6. The number of hydrogen-bond acceptors (Lipinski definition) is 5. The molecule has 9 heteroatoms. The van der Waals surface area contributed by atoms with Gasteiger partial charge in [0.15, 0.2) is 4.32 Å². The highest BCUT2D eigenvalue weighted by Gasteiger charge is 2.33. The van der Waals surface area contributed by atoms with Crippen molar-refractivity contribution in [2.75, 3.05) is 0 Å². The van der Waals surface area contributed by atoms with Gasteiger partial charge in [0, 0.05) is 11.6 Å². The molecule has 0 bridgehead atoms. The number of carbonyl (C=O) groups is 2. The Kier molecular flexibility index (Phi) is 6.48. The first-order valence-electron chi connectivity index (χ1n) is 9.07. The van der Waals surface area contributed by atoms with E-state index in [1.54, 1.807) is 36.4 Å². The molecule has 1 fully saturated rings. The van der Waals surface area contributed by atoms with Crippen molar-refractivity contribution in [2.24, 2.45) is 0 Å². The summed E-state index contributed by atoms with van der Waals surface area (Å²) in [5.74, 6) is 0.307. The summed E-state index contributed by atoms with van der Waals surface area (Å²) in [4.78, 5) is 25.4. The lowest BCUT2D eigenvalue weighted by atomic mass is 10.1. The molecule has 2 aromatic carbocycles. The number of halogens is 2. The van der Waals surface area contributed by atoms with Crippen LogP contribution in [0.4, 0.5) is 0 Å². The number of hydrogen-bond donors (Lipinski definition) is 1. The van der Waals surface area contributed by atoms with E-state index in [0.717, 1.165) is 27.9 Å². The number of amides is 2. The Labute approximate surface area is 198 Å². The summed E-state index contributed by atoms with van der Waals surface area (Å²) in [7, 11) is 0. The monoisotopic (exact) mass is 488 g/mol. The van der Waals surface area contributed by atoms with E-state index in [4.69, 9.17) is 39.8 Å². The van der Waals surface area contributed by atoms with Crippen molar-refractivity contribution < 1.29 is 14.0 Å². The molecule has 5 nitrogen and oxygen atoms in total. The fourth-order valence-corrected chi connectivity index (χ4v) is 4.33. The highest BCUT2D eigenvalue weighted by molar-refractivity contribution is 8.26. The molecule has 2 amide bonds. The maximum atomic E-state index is 12.7. The minimum atomic E-state index is -0.413. The zero-order valence-electron chi connectivity index (χ0n) is 15.8. The van der Waals surface area contributed by atoms with Gasteiger partial charge in [-0.25, -0.2) is 0 Å². The molecule has 1 saturated heterocycles. The zero-order valence-corrected chi connectivity index (χ0v) is 18.9. The third kappa shape index (κ3) is 5.02. The van der Waals surface area contributed by atoms with Gasteiger partial charge in [-0.05, 0) is 48.1 Å². The Morgan fingerprint density at radius 2 is 1.87 bits per heavy atom. The van der Waals surface area contributed by atoms with E-state index in [9.17, 15) is 9.59 Å². The minimum Gasteiger partial charge on any atom is -0.457 e. The van der Waals surface area contributed by atoms with Crippen LogP contribution in [0.3, 0.4) is 0 Å². The summed E-state index contributed by atoms with van der Waals surface area (Å²) in [5, 5.41) is 1.96. The van der Waals surface area contributed by atoms with Crippen LogP contribution in [0.1, 0.15) is 11.3 Å². The van der Waals surface area contributed by atoms with E-state index < -0.39 is 5.91 Å². The second kappa shape index (κ2) is 9.28. The predicted molar refractivity (Wildman–Crippen MR) is 127 cm³/mol. The van der Waals surface area contributed by atoms with Gasteiger partial charge in [-0.2, -0.15) is 5.01 Å². The smallest absolute Gasteiger partial charge is 0.285 e. The molecule has 4 rings (SSSR count). The average Bonchev–Trinajstić information content (AvgIpc) is 3.31. The van der Waals surface area contributed by atoms with E-state index >= 15 is 0 Å². The van der Waals surface area contributed by atoms with Crippen molar-refractivity contribution in [1.29, 1.82) is 0 Å². The summed E-state index contributed by atoms with van der Waals surface area (Å²) in [6.07, 6.45) is 1.73. The number of nitrogens with one attached hydrogen (secondary N) is 1. The molecular formula is C22H14Cl2N2O3S2. The van der Waals surface area contributed by atoms with Gasteiger partial charge in [-0.3, -0.25) is 15.0 Å². The third-order valence-corrected chi connectivity index (χ3v) is 6.38. The lowest BCUT2D eigenvalue weighted by molar-refractivity contribution is -0.132. The lowest BCUT2D eigenvalue weighted by Gasteiger charge is -2.15. The average molecular weight is 489 g/mol. The van der Waals surface area contributed by atoms with Crippen molar-refractivity contribution in [2.45, 2.75) is 6.42 Å². The van der Waals surface area contributed by atoms with Gasteiger partial charge in [0.1, 0.15) is 11.5 Å². The first-order chi connectivity index (χ1) is 14.9. The quantitative estimate of drug-likeness (QED) is 0.367. The number of furan rings is 1. The van der Waals surface area contributed by atoms with Crippen LogP contribution >= 0.6 is 47.2 Å². The van der Waals surface area contributed by atoms with E-state index in [1.165, 1.54) is 0 Å². The van der Waals surface area contributed by atoms with Crippen molar-refractivity contribution in [3.05, 3.63) is 86.9 Å². The maximum Gasteiger partial charge on any atom is 0.285 e. The largest absolute Gasteiger partial charge is 0.457 e. The van der Waals surface area contributed by atoms with Crippen LogP contribution in [0.25, 0.3) is 17.4 Å². The fraction of sp³-hybridized carbons (Fsp3) is 0.0455. The summed E-state index contributed by atoms with van der Waals surface area (Å²) >= 11 is 18.4. The molecule has 2 heterocycles. The Hall–Kier alpha value is -2.58. The molecule has 0 saturated carbocycles. The Balaban J connectivity index is 1.46. The van der Waals surface area contributed by atoms with Gasteiger partial charge in [0.05, 0.1) is 21.4 Å². The second-order valence-corrected chi connectivity index (χ2v) is 9.04. The van der Waals surface area contributed by atoms with Crippen molar-refractivity contribution in [1.82, 2.24) is 10.4 Å². The fourth-order valence-electron chi connectivity index (χ4n) is 2.87. The number of thioether (sulfide) groups is 1. The molecule has 0 unspecified atom stereocenters. The van der Waals surface area contributed by atoms with Crippen LogP contribution in [-0.2, 0) is 16.0 Å². The molecule has 1 aliphatic heterocycles. The minimum absolute atomic E-state index is 0.141. The molecule has 1 aromatic heterocycles. The Morgan fingerprint density at radius 1 is 1.10 bits per heavy atom. The van der Waals surface area contributed by atoms with Gasteiger partial charge in [-0.15, -0.1) is 0 Å². The van der Waals surface area contributed by atoms with Crippen molar-refractivity contribution in [3.63, 3.8) is 0 Å². The molecule has 0 spiro atoms. The lowest BCUT2D eigenvalue weighted by Crippen LogP contribution is -2.45. The summed E-state index contributed by atoms with van der Waals surface area (Å²) in [6.45, 7) is 0. The Bertz CT molecular complexity index is 1210. The van der Waals surface area contributed by atoms with Gasteiger partial charge < -0.3 is 4.42 Å². The first-order valence-corrected chi connectivity index (χ1v) is 11.1. The molecule has 0 atom stereocenters.